The number of aliphatic hydroxyl groups is 1. The Kier molecular flexibility index (Phi) is 5.04. The van der Waals surface area contributed by atoms with Gasteiger partial charge >= 0.3 is 6.18 Å². The molecule has 0 saturated heterocycles. The van der Waals surface area contributed by atoms with Crippen LogP contribution in [0.1, 0.15) is 66.9 Å². The van der Waals surface area contributed by atoms with Gasteiger partial charge in [-0.3, -0.25) is 4.79 Å². The highest BCUT2D eigenvalue weighted by atomic mass is 19.4. The highest BCUT2D eigenvalue weighted by Gasteiger charge is 2.44. The summed E-state index contributed by atoms with van der Waals surface area (Å²) in [6.45, 7) is 0. The number of rotatable bonds is 2. The molecule has 32 heavy (non-hydrogen) atoms. The topological polar surface area (TPSA) is 58.6 Å². The van der Waals surface area contributed by atoms with Crippen LogP contribution < -0.4 is 10.1 Å². The number of aliphatic hydroxyl groups excluding tert-OH is 1. The fourth-order valence-electron chi connectivity index (χ4n) is 4.93. The minimum atomic E-state index is -4.46. The molecule has 1 amide bonds. The Hall–Kier alpha value is -2.80. The van der Waals surface area contributed by atoms with E-state index in [1.54, 1.807) is 6.07 Å². The summed E-state index contributed by atoms with van der Waals surface area (Å²) in [5.41, 5.74) is 2.42. The zero-order valence-corrected chi connectivity index (χ0v) is 17.5. The molecule has 1 heterocycles. The van der Waals surface area contributed by atoms with Crippen molar-refractivity contribution in [3.8, 4) is 5.75 Å². The van der Waals surface area contributed by atoms with E-state index in [1.165, 1.54) is 12.1 Å². The van der Waals surface area contributed by atoms with Crippen molar-refractivity contribution in [2.45, 2.75) is 62.8 Å². The molecular weight excluding hydrogens is 419 g/mol. The number of ether oxygens (including phenoxy) is 1. The molecule has 0 bridgehead atoms. The third-order valence-electron chi connectivity index (χ3n) is 6.76. The standard InChI is InChI=1S/C25H24F3NO3/c26-25(27,28)17-6-8-19-16(14-24(9-2-10-24)32-22(19)12-17)11-23(31)29-18-7-5-15-3-1-4-21(30)20(15)13-18/h5-8,11-13,21,30H,1-4,9-10,14H2,(H,29,31)/b16-11+. The van der Waals surface area contributed by atoms with Gasteiger partial charge in [-0.2, -0.15) is 13.2 Å². The number of carbonyl (C=O) groups excluding carboxylic acids is 1. The molecule has 0 aromatic heterocycles. The van der Waals surface area contributed by atoms with Crippen LogP contribution in [0, 0.1) is 0 Å². The van der Waals surface area contributed by atoms with Crippen LogP contribution in [-0.4, -0.2) is 16.6 Å². The van der Waals surface area contributed by atoms with Crippen LogP contribution in [0.5, 0.6) is 5.75 Å². The lowest BCUT2D eigenvalue weighted by molar-refractivity contribution is -0.138. The number of anilines is 1. The van der Waals surface area contributed by atoms with Gasteiger partial charge in [0.05, 0.1) is 11.7 Å². The second kappa shape index (κ2) is 7.66. The summed E-state index contributed by atoms with van der Waals surface area (Å²) in [5.74, 6) is -0.172. The Morgan fingerprint density at radius 1 is 1.16 bits per heavy atom. The maximum absolute atomic E-state index is 13.2. The molecular formula is C25H24F3NO3. The van der Waals surface area contributed by atoms with E-state index in [0.29, 0.717) is 29.7 Å². The van der Waals surface area contributed by atoms with Gasteiger partial charge < -0.3 is 15.2 Å². The largest absolute Gasteiger partial charge is 0.486 e. The van der Waals surface area contributed by atoms with E-state index >= 15 is 0 Å². The second-order valence-corrected chi connectivity index (χ2v) is 9.00. The van der Waals surface area contributed by atoms with Crippen molar-refractivity contribution in [2.75, 3.05) is 5.32 Å². The average molecular weight is 443 g/mol. The number of benzene rings is 2. The summed E-state index contributed by atoms with van der Waals surface area (Å²) in [4.78, 5) is 12.8. The molecule has 2 aliphatic carbocycles. The highest BCUT2D eigenvalue weighted by Crippen LogP contribution is 2.50. The monoisotopic (exact) mass is 443 g/mol. The maximum atomic E-state index is 13.2. The third kappa shape index (κ3) is 3.90. The number of amides is 1. The molecule has 1 spiro atoms. The lowest BCUT2D eigenvalue weighted by Gasteiger charge is -2.46. The molecule has 5 rings (SSSR count). The van der Waals surface area contributed by atoms with Gasteiger partial charge in [0.1, 0.15) is 11.4 Å². The number of aryl methyl sites for hydroxylation is 1. The Bertz CT molecular complexity index is 1100. The quantitative estimate of drug-likeness (QED) is 0.577. The minimum absolute atomic E-state index is 0.182. The summed E-state index contributed by atoms with van der Waals surface area (Å²) >= 11 is 0. The van der Waals surface area contributed by atoms with E-state index in [9.17, 15) is 23.1 Å². The van der Waals surface area contributed by atoms with Gasteiger partial charge in [-0.15, -0.1) is 0 Å². The number of alkyl halides is 3. The number of carbonyl (C=O) groups is 1. The normalized spacial score (nSPS) is 22.5. The first kappa shape index (κ1) is 21.1. The van der Waals surface area contributed by atoms with E-state index in [-0.39, 0.29) is 11.7 Å². The Balaban J connectivity index is 1.43. The number of fused-ring (bicyclic) bond motifs is 2. The molecule has 2 N–H and O–H groups in total. The molecule has 2 aromatic carbocycles. The molecule has 4 nitrogen and oxygen atoms in total. The Morgan fingerprint density at radius 3 is 2.69 bits per heavy atom. The van der Waals surface area contributed by atoms with Crippen LogP contribution in [-0.2, 0) is 17.4 Å². The lowest BCUT2D eigenvalue weighted by atomic mass is 9.72. The van der Waals surface area contributed by atoms with Crippen LogP contribution in [0.15, 0.2) is 42.5 Å². The molecule has 7 heteroatoms. The van der Waals surface area contributed by atoms with Gasteiger partial charge in [0.15, 0.2) is 0 Å². The number of nitrogens with one attached hydrogen (secondary N) is 1. The summed E-state index contributed by atoms with van der Waals surface area (Å²) < 4.78 is 45.6. The first-order valence-electron chi connectivity index (χ1n) is 11.0. The second-order valence-electron chi connectivity index (χ2n) is 9.00. The number of hydrogen-bond donors (Lipinski definition) is 2. The van der Waals surface area contributed by atoms with Crippen molar-refractivity contribution < 1.29 is 27.8 Å². The molecule has 1 unspecified atom stereocenters. The van der Waals surface area contributed by atoms with Crippen LogP contribution in [0.25, 0.3) is 5.57 Å². The number of hydrogen-bond acceptors (Lipinski definition) is 3. The molecule has 1 atom stereocenters. The predicted octanol–water partition coefficient (Wildman–Crippen LogP) is 5.80. The summed E-state index contributed by atoms with van der Waals surface area (Å²) in [7, 11) is 0. The van der Waals surface area contributed by atoms with Crippen molar-refractivity contribution in [2.24, 2.45) is 0 Å². The lowest BCUT2D eigenvalue weighted by Crippen LogP contribution is -2.45. The molecule has 3 aliphatic rings. The molecule has 0 radical (unpaired) electrons. The minimum Gasteiger partial charge on any atom is -0.486 e. The fourth-order valence-corrected chi connectivity index (χ4v) is 4.93. The SMILES string of the molecule is O=C(/C=C1\CC2(CCC2)Oc2cc(C(F)(F)F)ccc21)Nc1ccc2c(c1)C(O)CCC2. The zero-order valence-electron chi connectivity index (χ0n) is 17.5. The zero-order chi connectivity index (χ0) is 22.5. The van der Waals surface area contributed by atoms with Crippen molar-refractivity contribution >= 4 is 17.2 Å². The summed E-state index contributed by atoms with van der Waals surface area (Å²) in [6.07, 6.45) is 1.97. The van der Waals surface area contributed by atoms with Gasteiger partial charge in [0, 0.05) is 23.7 Å². The van der Waals surface area contributed by atoms with Crippen LogP contribution in [0.4, 0.5) is 18.9 Å². The van der Waals surface area contributed by atoms with Crippen molar-refractivity contribution in [3.05, 3.63) is 64.7 Å². The third-order valence-corrected chi connectivity index (χ3v) is 6.76. The van der Waals surface area contributed by atoms with Crippen LogP contribution in [0.2, 0.25) is 0 Å². The van der Waals surface area contributed by atoms with E-state index < -0.39 is 23.4 Å². The molecule has 168 valence electrons. The first-order valence-corrected chi connectivity index (χ1v) is 11.0. The fraction of sp³-hybridized carbons (Fsp3) is 0.400. The van der Waals surface area contributed by atoms with Gasteiger partial charge in [-0.25, -0.2) is 0 Å². The Labute approximate surface area is 184 Å². The van der Waals surface area contributed by atoms with Crippen LogP contribution in [0.3, 0.4) is 0 Å². The molecule has 1 aliphatic heterocycles. The first-order chi connectivity index (χ1) is 15.2. The van der Waals surface area contributed by atoms with E-state index in [2.05, 4.69) is 5.32 Å². The van der Waals surface area contributed by atoms with Crippen molar-refractivity contribution in [3.63, 3.8) is 0 Å². The molecule has 2 aromatic rings. The Morgan fingerprint density at radius 2 is 1.97 bits per heavy atom. The van der Waals surface area contributed by atoms with Crippen LogP contribution >= 0.6 is 0 Å². The van der Waals surface area contributed by atoms with Gasteiger partial charge in [-0.1, -0.05) is 12.1 Å². The predicted molar refractivity (Wildman–Crippen MR) is 114 cm³/mol. The maximum Gasteiger partial charge on any atom is 0.416 e. The average Bonchev–Trinajstić information content (AvgIpc) is 2.72. The van der Waals surface area contributed by atoms with E-state index in [1.807, 2.05) is 12.1 Å². The van der Waals surface area contributed by atoms with E-state index in [0.717, 1.165) is 55.4 Å². The summed E-state index contributed by atoms with van der Waals surface area (Å²) in [5, 5.41) is 13.1. The summed E-state index contributed by atoms with van der Waals surface area (Å²) in [6, 6.07) is 8.98. The van der Waals surface area contributed by atoms with E-state index in [4.69, 9.17) is 4.74 Å². The van der Waals surface area contributed by atoms with Crippen molar-refractivity contribution in [1.29, 1.82) is 0 Å². The number of halogens is 3. The molecule has 1 fully saturated rings. The smallest absolute Gasteiger partial charge is 0.416 e. The van der Waals surface area contributed by atoms with Gasteiger partial charge in [0.25, 0.3) is 0 Å². The van der Waals surface area contributed by atoms with Crippen molar-refractivity contribution in [1.82, 2.24) is 0 Å². The van der Waals surface area contributed by atoms with Gasteiger partial charge in [0.2, 0.25) is 5.91 Å². The highest BCUT2D eigenvalue weighted by molar-refractivity contribution is 6.04. The molecule has 1 saturated carbocycles. The van der Waals surface area contributed by atoms with Gasteiger partial charge in [-0.05, 0) is 79.5 Å².